The molecule has 7 heteroatoms. The smallest absolute Gasteiger partial charge is 0.319 e. The van der Waals surface area contributed by atoms with Gasteiger partial charge in [0.2, 0.25) is 0 Å². The number of rotatable bonds is 9. The minimum Gasteiger partial charge on any atom is -0.465 e. The highest BCUT2D eigenvalue weighted by molar-refractivity contribution is 5.94. The molecular weight excluding hydrogens is 478 g/mol. The number of ether oxygens (including phenoxy) is 1. The van der Waals surface area contributed by atoms with Crippen LogP contribution in [0.3, 0.4) is 0 Å². The molecule has 0 aliphatic heterocycles. The third-order valence-electron chi connectivity index (χ3n) is 6.98. The number of hydrogen-bond donors (Lipinski definition) is 2. The van der Waals surface area contributed by atoms with Gasteiger partial charge < -0.3 is 19.9 Å². The Balaban J connectivity index is 1.24. The molecule has 1 fully saturated rings. The Hall–Kier alpha value is -4.39. The number of amides is 2. The summed E-state index contributed by atoms with van der Waals surface area (Å²) in [6.07, 6.45) is 2.41. The number of carbonyl (C=O) groups is 2. The van der Waals surface area contributed by atoms with Crippen molar-refractivity contribution < 1.29 is 18.8 Å². The number of urea groups is 1. The molecule has 1 heterocycles. The lowest BCUT2D eigenvalue weighted by Crippen LogP contribution is -2.30. The molecule has 1 saturated carbocycles. The van der Waals surface area contributed by atoms with Crippen LogP contribution in [0.2, 0.25) is 0 Å². The molecule has 7 nitrogen and oxygen atoms in total. The number of carbonyl (C=O) groups excluding carboxylic acids is 2. The Morgan fingerprint density at radius 1 is 0.921 bits per heavy atom. The fraction of sp³-hybridized carbons (Fsp3) is 0.258. The van der Waals surface area contributed by atoms with Crippen LogP contribution in [-0.4, -0.2) is 30.3 Å². The Kier molecular flexibility index (Phi) is 7.26. The first-order valence-corrected chi connectivity index (χ1v) is 12.9. The van der Waals surface area contributed by atoms with Gasteiger partial charge in [-0.15, -0.1) is 0 Å². The van der Waals surface area contributed by atoms with Crippen molar-refractivity contribution >= 4 is 17.7 Å². The van der Waals surface area contributed by atoms with Crippen LogP contribution in [0, 0.1) is 6.92 Å². The van der Waals surface area contributed by atoms with E-state index < -0.39 is 5.41 Å². The Morgan fingerprint density at radius 2 is 1.55 bits per heavy atom. The molecule has 4 aromatic rings. The zero-order chi connectivity index (χ0) is 26.5. The van der Waals surface area contributed by atoms with Gasteiger partial charge in [-0.3, -0.25) is 4.79 Å². The number of benzene rings is 3. The molecule has 0 atom stereocenters. The van der Waals surface area contributed by atoms with Crippen LogP contribution in [0.4, 0.5) is 10.5 Å². The Morgan fingerprint density at radius 3 is 2.18 bits per heavy atom. The zero-order valence-electron chi connectivity index (χ0n) is 21.6. The molecule has 0 radical (unpaired) electrons. The summed E-state index contributed by atoms with van der Waals surface area (Å²) in [6, 6.07) is 25.7. The van der Waals surface area contributed by atoms with Crippen LogP contribution in [0.25, 0.3) is 22.5 Å². The summed E-state index contributed by atoms with van der Waals surface area (Å²) >= 11 is 0. The summed E-state index contributed by atoms with van der Waals surface area (Å²) in [5.74, 6) is 0.376. The van der Waals surface area contributed by atoms with Gasteiger partial charge in [0.25, 0.3) is 0 Å². The maximum atomic E-state index is 12.5. The third-order valence-corrected chi connectivity index (χ3v) is 6.98. The van der Waals surface area contributed by atoms with Crippen molar-refractivity contribution in [1.29, 1.82) is 0 Å². The second-order valence-corrected chi connectivity index (χ2v) is 9.55. The van der Waals surface area contributed by atoms with Gasteiger partial charge in [0.15, 0.2) is 5.76 Å². The van der Waals surface area contributed by atoms with E-state index >= 15 is 0 Å². The van der Waals surface area contributed by atoms with Gasteiger partial charge >= 0.3 is 12.0 Å². The van der Waals surface area contributed by atoms with Crippen LogP contribution in [-0.2, 0) is 21.4 Å². The molecule has 0 bridgehead atoms. The maximum Gasteiger partial charge on any atom is 0.319 e. The number of nitrogens with one attached hydrogen (secondary N) is 2. The van der Waals surface area contributed by atoms with Crippen molar-refractivity contribution in [3.05, 3.63) is 95.7 Å². The van der Waals surface area contributed by atoms with E-state index in [4.69, 9.17) is 9.26 Å². The van der Waals surface area contributed by atoms with Gasteiger partial charge in [0.05, 0.1) is 12.0 Å². The number of aromatic nitrogens is 1. The largest absolute Gasteiger partial charge is 0.465 e. The average Bonchev–Trinajstić information content (AvgIpc) is 3.69. The number of anilines is 1. The predicted octanol–water partition coefficient (Wildman–Crippen LogP) is 6.28. The van der Waals surface area contributed by atoms with Gasteiger partial charge in [-0.25, -0.2) is 4.79 Å². The lowest BCUT2D eigenvalue weighted by molar-refractivity contribution is -0.146. The van der Waals surface area contributed by atoms with E-state index in [2.05, 4.69) is 15.8 Å². The van der Waals surface area contributed by atoms with Crippen LogP contribution >= 0.6 is 0 Å². The molecule has 1 aliphatic rings. The summed E-state index contributed by atoms with van der Waals surface area (Å²) < 4.78 is 10.9. The van der Waals surface area contributed by atoms with E-state index in [0.717, 1.165) is 47.1 Å². The monoisotopic (exact) mass is 509 g/mol. The fourth-order valence-corrected chi connectivity index (χ4v) is 4.64. The van der Waals surface area contributed by atoms with Crippen LogP contribution in [0.1, 0.15) is 36.6 Å². The molecular formula is C31H31N3O4. The second kappa shape index (κ2) is 10.9. The summed E-state index contributed by atoms with van der Waals surface area (Å²) in [6.45, 7) is 4.54. The lowest BCUT2D eigenvalue weighted by atomic mass is 9.93. The molecule has 0 spiro atoms. The highest BCUT2D eigenvalue weighted by atomic mass is 16.5. The van der Waals surface area contributed by atoms with Gasteiger partial charge in [0, 0.05) is 12.1 Å². The van der Waals surface area contributed by atoms with Crippen molar-refractivity contribution in [1.82, 2.24) is 10.5 Å². The summed E-state index contributed by atoms with van der Waals surface area (Å²) in [5.41, 5.74) is 5.74. The summed E-state index contributed by atoms with van der Waals surface area (Å²) in [5, 5.41) is 9.85. The summed E-state index contributed by atoms with van der Waals surface area (Å²) in [7, 11) is 0. The highest BCUT2D eigenvalue weighted by Gasteiger charge is 2.52. The van der Waals surface area contributed by atoms with Gasteiger partial charge in [-0.05, 0) is 55.4 Å². The topological polar surface area (TPSA) is 93.5 Å². The molecule has 1 aliphatic carbocycles. The second-order valence-electron chi connectivity index (χ2n) is 9.55. The number of aryl methyl sites for hydroxylation is 1. The Bertz CT molecular complexity index is 1410. The van der Waals surface area contributed by atoms with Crippen LogP contribution < -0.4 is 10.6 Å². The first kappa shape index (κ1) is 25.3. The summed E-state index contributed by atoms with van der Waals surface area (Å²) in [4.78, 5) is 24.9. The van der Waals surface area contributed by atoms with E-state index in [1.165, 1.54) is 0 Å². The Labute approximate surface area is 222 Å². The van der Waals surface area contributed by atoms with Gasteiger partial charge in [-0.2, -0.15) is 0 Å². The van der Waals surface area contributed by atoms with E-state index in [1.54, 1.807) is 6.92 Å². The molecule has 2 N–H and O–H groups in total. The molecule has 3 aromatic carbocycles. The number of hydrogen-bond acceptors (Lipinski definition) is 5. The quantitative estimate of drug-likeness (QED) is 0.259. The molecule has 38 heavy (non-hydrogen) atoms. The van der Waals surface area contributed by atoms with Gasteiger partial charge in [-0.1, -0.05) is 84.0 Å². The predicted molar refractivity (Wildman–Crippen MR) is 147 cm³/mol. The SMILES string of the molecule is CCOC(=O)C1(c2ccc(-c3ccc(-c4onc(C)c4NC(=O)NCCc4ccccc4)cc3)cc2)CC1. The molecule has 1 aromatic heterocycles. The van der Waals surface area contributed by atoms with Gasteiger partial charge in [0.1, 0.15) is 11.4 Å². The first-order valence-electron chi connectivity index (χ1n) is 12.9. The average molecular weight is 510 g/mol. The number of esters is 1. The van der Waals surface area contributed by atoms with Crippen molar-refractivity contribution in [2.45, 2.75) is 38.5 Å². The third kappa shape index (κ3) is 5.32. The van der Waals surface area contributed by atoms with Crippen molar-refractivity contribution in [3.8, 4) is 22.5 Å². The normalized spacial score (nSPS) is 13.5. The molecule has 5 rings (SSSR count). The highest BCUT2D eigenvalue weighted by Crippen LogP contribution is 2.49. The minimum absolute atomic E-state index is 0.131. The first-order chi connectivity index (χ1) is 18.5. The standard InChI is InChI=1S/C31H31N3O4/c1-3-37-29(35)31(18-19-31)26-15-13-24(14-16-26)23-9-11-25(12-10-23)28-27(21(2)34-38-28)33-30(36)32-20-17-22-7-5-4-6-8-22/h4-16H,3,17-20H2,1-2H3,(H2,32,33,36). The molecule has 2 amide bonds. The lowest BCUT2D eigenvalue weighted by Gasteiger charge is -2.14. The zero-order valence-corrected chi connectivity index (χ0v) is 21.6. The number of nitrogens with zero attached hydrogens (tertiary/aromatic N) is 1. The van der Waals surface area contributed by atoms with Crippen molar-refractivity contribution in [2.24, 2.45) is 0 Å². The molecule has 0 saturated heterocycles. The van der Waals surface area contributed by atoms with Crippen molar-refractivity contribution in [2.75, 3.05) is 18.5 Å². The van der Waals surface area contributed by atoms with E-state index in [0.29, 0.717) is 30.3 Å². The molecule has 0 unspecified atom stereocenters. The van der Waals surface area contributed by atoms with E-state index in [-0.39, 0.29) is 12.0 Å². The van der Waals surface area contributed by atoms with E-state index in [9.17, 15) is 9.59 Å². The maximum absolute atomic E-state index is 12.5. The minimum atomic E-state index is -0.472. The fourth-order valence-electron chi connectivity index (χ4n) is 4.64. The van der Waals surface area contributed by atoms with E-state index in [1.807, 2.05) is 85.8 Å². The van der Waals surface area contributed by atoms with Crippen LogP contribution in [0.15, 0.2) is 83.4 Å². The van der Waals surface area contributed by atoms with Crippen LogP contribution in [0.5, 0.6) is 0 Å². The van der Waals surface area contributed by atoms with Crippen molar-refractivity contribution in [3.63, 3.8) is 0 Å². The molecule has 194 valence electrons.